The molecule has 12 heteroatoms. The molecule has 49 heavy (non-hydrogen) atoms. The molecule has 3 N–H and O–H groups in total. The quantitative estimate of drug-likeness (QED) is 0.248. The van der Waals surface area contributed by atoms with Gasteiger partial charge < -0.3 is 20.1 Å². The van der Waals surface area contributed by atoms with Crippen LogP contribution < -0.4 is 44.3 Å². The summed E-state index contributed by atoms with van der Waals surface area (Å²) in [6.45, 7) is 13.8. The number of nitrogens with zero attached hydrogens (tertiary/aromatic N) is 1. The number of carbonyl (C=O) groups excluding carboxylic acids is 1. The number of hydrogen-bond donors (Lipinski definition) is 3. The second-order valence-corrected chi connectivity index (χ2v) is 15.5. The van der Waals surface area contributed by atoms with Crippen LogP contribution in [0.5, 0.6) is 11.5 Å². The Balaban J connectivity index is 0.000000874. The Morgan fingerprint density at radius 3 is 2.29 bits per heavy atom. The Kier molecular flexibility index (Phi) is 9.90. The molecule has 0 spiro atoms. The third kappa shape index (κ3) is 8.25. The van der Waals surface area contributed by atoms with Crippen LogP contribution in [-0.2, 0) is 4.79 Å². The number of ether oxygens (including phenoxy) is 1. The summed E-state index contributed by atoms with van der Waals surface area (Å²) >= 11 is 0. The van der Waals surface area contributed by atoms with Gasteiger partial charge in [-0.05, 0) is 81.7 Å². The molecule has 0 aromatic heterocycles. The third-order valence-corrected chi connectivity index (χ3v) is 9.36. The minimum absolute atomic E-state index is 0.0248. The van der Waals surface area contributed by atoms with Crippen LogP contribution in [0.15, 0.2) is 48.5 Å². The fourth-order valence-corrected chi connectivity index (χ4v) is 7.58. The molecule has 3 aromatic rings. The zero-order valence-electron chi connectivity index (χ0n) is 28.9. The van der Waals surface area contributed by atoms with Crippen molar-refractivity contribution in [2.24, 2.45) is 0 Å². The maximum atomic E-state index is 13.9. The lowest BCUT2D eigenvalue weighted by molar-refractivity contribution is -2.00. The lowest BCUT2D eigenvalue weighted by Gasteiger charge is -2.38. The monoisotopic (exact) mass is 693 g/mol. The zero-order chi connectivity index (χ0) is 36.1. The van der Waals surface area contributed by atoms with Gasteiger partial charge in [0.05, 0.1) is 6.07 Å². The highest BCUT2D eigenvalue weighted by Gasteiger charge is 2.36. The number of carbonyl (C=O) groups is 2. The predicted octanol–water partition coefficient (Wildman–Crippen LogP) is -0.0959. The summed E-state index contributed by atoms with van der Waals surface area (Å²) in [6, 6.07) is 16.6. The number of carboxylic acid groups (broad SMARTS) is 1. The molecule has 2 unspecified atom stereocenters. The van der Waals surface area contributed by atoms with Gasteiger partial charge in [0.1, 0.15) is 11.5 Å². The largest absolute Gasteiger partial charge is 0.481 e. The van der Waals surface area contributed by atoms with Crippen LogP contribution in [-0.4, -0.2) is 46.6 Å². The SMILES string of the molecule is CC1CC(C)(C)Nc2cc3c(cc21)C(c1ccccc1C(=O)N(C)CCCC(=O)O)=c1cc2c(cc1O3)=[NH+]C(C)(C)CC2C.[O-][Cl+3]([O-])([O-])[O-]. The van der Waals surface area contributed by atoms with Crippen molar-refractivity contribution in [1.29, 1.82) is 0 Å². The van der Waals surface area contributed by atoms with E-state index >= 15 is 0 Å². The lowest BCUT2D eigenvalue weighted by Crippen LogP contribution is -2.90. The summed E-state index contributed by atoms with van der Waals surface area (Å²) in [6.07, 6.45) is 2.44. The molecule has 3 aromatic carbocycles. The smallest absolute Gasteiger partial charge is 0.303 e. The Bertz CT molecular complexity index is 1910. The maximum absolute atomic E-state index is 13.9. The van der Waals surface area contributed by atoms with E-state index in [0.29, 0.717) is 30.4 Å². The van der Waals surface area contributed by atoms with Crippen molar-refractivity contribution in [3.05, 3.63) is 86.9 Å². The molecule has 3 heterocycles. The number of anilines is 1. The fourth-order valence-electron chi connectivity index (χ4n) is 7.58. The molecule has 2 atom stereocenters. The number of halogens is 1. The number of rotatable bonds is 6. The molecule has 3 aliphatic rings. The first-order chi connectivity index (χ1) is 22.7. The maximum Gasteiger partial charge on any atom is 0.303 e. The van der Waals surface area contributed by atoms with Crippen LogP contribution in [0.4, 0.5) is 5.69 Å². The van der Waals surface area contributed by atoms with Gasteiger partial charge in [0, 0.05) is 71.2 Å². The van der Waals surface area contributed by atoms with Gasteiger partial charge in [-0.1, -0.05) is 32.0 Å². The average molecular weight is 694 g/mol. The van der Waals surface area contributed by atoms with E-state index in [9.17, 15) is 9.59 Å². The highest BCUT2D eigenvalue weighted by molar-refractivity contribution is 6.02. The molecule has 262 valence electrons. The van der Waals surface area contributed by atoms with Crippen molar-refractivity contribution in [2.75, 3.05) is 18.9 Å². The summed E-state index contributed by atoms with van der Waals surface area (Å²) in [5, 5.41) is 14.9. The summed E-state index contributed by atoms with van der Waals surface area (Å²) in [7, 11) is -3.20. The van der Waals surface area contributed by atoms with E-state index in [1.165, 1.54) is 11.1 Å². The van der Waals surface area contributed by atoms with Gasteiger partial charge in [-0.3, -0.25) is 9.59 Å². The van der Waals surface area contributed by atoms with E-state index in [2.05, 4.69) is 76.1 Å². The molecule has 0 saturated carbocycles. The number of amides is 1. The summed E-state index contributed by atoms with van der Waals surface area (Å²) in [5.74, 6) is 1.25. The number of carboxylic acids is 1. The molecule has 3 aliphatic heterocycles. The number of hydrogen-bond acceptors (Lipinski definition) is 8. The van der Waals surface area contributed by atoms with Crippen LogP contribution in [0.1, 0.15) is 112 Å². The first-order valence-corrected chi connectivity index (χ1v) is 17.6. The van der Waals surface area contributed by atoms with Crippen molar-refractivity contribution in [3.8, 4) is 11.5 Å². The predicted molar refractivity (Wildman–Crippen MR) is 172 cm³/mol. The van der Waals surface area contributed by atoms with Gasteiger partial charge in [0.2, 0.25) is 5.36 Å². The van der Waals surface area contributed by atoms with Gasteiger partial charge >= 0.3 is 5.97 Å². The van der Waals surface area contributed by atoms with Crippen LogP contribution in [0.25, 0.3) is 5.57 Å². The molecule has 0 saturated heterocycles. The minimum Gasteiger partial charge on any atom is -0.481 e. The molecule has 0 aliphatic carbocycles. The number of fused-ring (bicyclic) bond motifs is 4. The Morgan fingerprint density at radius 2 is 1.61 bits per heavy atom. The topological polar surface area (TPSA) is 185 Å². The Labute approximate surface area is 288 Å². The van der Waals surface area contributed by atoms with E-state index in [4.69, 9.17) is 28.5 Å². The second kappa shape index (κ2) is 13.4. The normalized spacial score (nSPS) is 19.6. The van der Waals surface area contributed by atoms with E-state index in [0.717, 1.165) is 57.3 Å². The Morgan fingerprint density at radius 1 is 0.959 bits per heavy atom. The van der Waals surface area contributed by atoms with Crippen molar-refractivity contribution in [1.82, 2.24) is 4.90 Å². The molecular formula is C37H44ClN3O8. The number of aliphatic carboxylic acids is 1. The standard InChI is InChI=1S/C37H43N3O4.ClHO4/c1-21-19-36(3,4)38-29-17-31-27(15-25(21)29)34(23-11-8-9-12-24(23)35(43)40(7)14-10-13-33(41)42)28-16-26-22(2)20-37(5,6)39-30(26)18-32(28)44-31;2-1(3,4)5/h8-9,11-12,15-18,21-22,38H,10,13-14,19-20H2,1-7H3,(H,41,42);(H,2,3,4,5). The van der Waals surface area contributed by atoms with Crippen molar-refractivity contribution < 1.29 is 53.3 Å². The fraction of sp³-hybridized carbons (Fsp3) is 0.432. The first kappa shape index (κ1) is 36.3. The van der Waals surface area contributed by atoms with Gasteiger partial charge in [0.15, 0.2) is 5.54 Å². The molecular weight excluding hydrogens is 650 g/mol. The third-order valence-electron chi connectivity index (χ3n) is 9.36. The van der Waals surface area contributed by atoms with Crippen molar-refractivity contribution in [3.63, 3.8) is 0 Å². The average Bonchev–Trinajstić information content (AvgIpc) is 2.96. The lowest BCUT2D eigenvalue weighted by atomic mass is 9.79. The first-order valence-electron chi connectivity index (χ1n) is 16.4. The molecule has 0 fully saturated rings. The Hall–Kier alpha value is -4.00. The summed E-state index contributed by atoms with van der Waals surface area (Å²) in [5.41, 5.74) is 6.93. The molecule has 11 nitrogen and oxygen atoms in total. The highest BCUT2D eigenvalue weighted by atomic mass is 35.7. The van der Waals surface area contributed by atoms with Crippen LogP contribution >= 0.6 is 0 Å². The van der Waals surface area contributed by atoms with Crippen molar-refractivity contribution in [2.45, 2.75) is 90.1 Å². The summed E-state index contributed by atoms with van der Waals surface area (Å²) < 4.78 is 40.7. The van der Waals surface area contributed by atoms with Gasteiger partial charge in [0.25, 0.3) is 5.91 Å². The molecule has 0 bridgehead atoms. The van der Waals surface area contributed by atoms with E-state index in [1.807, 2.05) is 24.3 Å². The van der Waals surface area contributed by atoms with Crippen LogP contribution in [0, 0.1) is 10.2 Å². The second-order valence-electron chi connectivity index (χ2n) is 14.7. The van der Waals surface area contributed by atoms with E-state index < -0.39 is 16.2 Å². The van der Waals surface area contributed by atoms with Crippen LogP contribution in [0.2, 0.25) is 0 Å². The van der Waals surface area contributed by atoms with Gasteiger partial charge in [-0.15, -0.1) is 10.2 Å². The number of nitrogens with one attached hydrogen (secondary N) is 2. The van der Waals surface area contributed by atoms with Crippen LogP contribution in [0.3, 0.4) is 0 Å². The van der Waals surface area contributed by atoms with Gasteiger partial charge in [-0.25, -0.2) is 23.6 Å². The van der Waals surface area contributed by atoms with E-state index in [-0.39, 0.29) is 23.4 Å². The molecule has 1 amide bonds. The minimum atomic E-state index is -4.94. The zero-order valence-corrected chi connectivity index (χ0v) is 29.7. The highest BCUT2D eigenvalue weighted by Crippen LogP contribution is 2.46. The number of benzene rings is 3. The summed E-state index contributed by atoms with van der Waals surface area (Å²) in [4.78, 5) is 30.4. The van der Waals surface area contributed by atoms with Gasteiger partial charge in [-0.2, -0.15) is 0 Å². The van der Waals surface area contributed by atoms with Crippen molar-refractivity contribution >= 4 is 23.1 Å². The molecule has 6 rings (SSSR count). The molecule has 0 radical (unpaired) electrons. The van der Waals surface area contributed by atoms with E-state index in [1.54, 1.807) is 11.9 Å².